The molecule has 19 heavy (non-hydrogen) atoms. The second kappa shape index (κ2) is 6.23. The second-order valence-electron chi connectivity index (χ2n) is 6.49. The normalized spacial score (nSPS) is 27.6. The van der Waals surface area contributed by atoms with E-state index >= 15 is 0 Å². The first-order valence-electron chi connectivity index (χ1n) is 7.76. The van der Waals surface area contributed by atoms with E-state index in [2.05, 4.69) is 37.5 Å². The molecule has 0 aliphatic carbocycles. The lowest BCUT2D eigenvalue weighted by Gasteiger charge is -2.44. The van der Waals surface area contributed by atoms with Gasteiger partial charge in [0.05, 0.1) is 0 Å². The predicted octanol–water partition coefficient (Wildman–Crippen LogP) is 1.41. The van der Waals surface area contributed by atoms with Gasteiger partial charge < -0.3 is 4.90 Å². The van der Waals surface area contributed by atoms with E-state index in [1.165, 1.54) is 0 Å². The smallest absolute Gasteiger partial charge is 0.224 e. The molecule has 0 bridgehead atoms. The van der Waals surface area contributed by atoms with E-state index in [9.17, 15) is 4.79 Å². The summed E-state index contributed by atoms with van der Waals surface area (Å²) in [4.78, 5) is 19.2. The standard InChI is InChI=1S/C15H29N3O/c1-12(2)16-7-9-17(10-8-16)14-5-6-18(13(3)4)15(19)11-14/h12-14H,5-11H2,1-4H3. The average molecular weight is 267 g/mol. The summed E-state index contributed by atoms with van der Waals surface area (Å²) in [7, 11) is 0. The van der Waals surface area contributed by atoms with Crippen LogP contribution in [0.2, 0.25) is 0 Å². The molecule has 0 saturated carbocycles. The van der Waals surface area contributed by atoms with Crippen LogP contribution in [0.25, 0.3) is 0 Å². The highest BCUT2D eigenvalue weighted by Gasteiger charge is 2.32. The van der Waals surface area contributed by atoms with Gasteiger partial charge in [-0.25, -0.2) is 0 Å². The average Bonchev–Trinajstić information content (AvgIpc) is 2.38. The van der Waals surface area contributed by atoms with Gasteiger partial charge in [0, 0.05) is 57.3 Å². The highest BCUT2D eigenvalue weighted by Crippen LogP contribution is 2.21. The zero-order chi connectivity index (χ0) is 14.0. The third-order valence-corrected chi connectivity index (χ3v) is 4.65. The molecule has 2 rings (SSSR count). The number of nitrogens with zero attached hydrogens (tertiary/aromatic N) is 3. The van der Waals surface area contributed by atoms with Gasteiger partial charge in [0.2, 0.25) is 5.91 Å². The Morgan fingerprint density at radius 1 is 0.947 bits per heavy atom. The number of carbonyl (C=O) groups excluding carboxylic acids is 1. The van der Waals surface area contributed by atoms with Gasteiger partial charge in [-0.15, -0.1) is 0 Å². The molecule has 0 aromatic heterocycles. The van der Waals surface area contributed by atoms with E-state index in [0.29, 0.717) is 24.0 Å². The van der Waals surface area contributed by atoms with Crippen molar-refractivity contribution in [3.05, 3.63) is 0 Å². The van der Waals surface area contributed by atoms with E-state index in [1.807, 2.05) is 4.90 Å². The third-order valence-electron chi connectivity index (χ3n) is 4.65. The van der Waals surface area contributed by atoms with Crippen LogP contribution < -0.4 is 0 Å². The predicted molar refractivity (Wildman–Crippen MR) is 78.2 cm³/mol. The van der Waals surface area contributed by atoms with Gasteiger partial charge in [-0.05, 0) is 34.1 Å². The minimum atomic E-state index is 0.345. The molecule has 4 nitrogen and oxygen atoms in total. The van der Waals surface area contributed by atoms with Gasteiger partial charge >= 0.3 is 0 Å². The van der Waals surface area contributed by atoms with E-state index in [-0.39, 0.29) is 0 Å². The van der Waals surface area contributed by atoms with Gasteiger partial charge in [-0.3, -0.25) is 14.6 Å². The molecule has 2 aliphatic heterocycles. The summed E-state index contributed by atoms with van der Waals surface area (Å²) in [5.74, 6) is 0.345. The minimum absolute atomic E-state index is 0.345. The van der Waals surface area contributed by atoms with Gasteiger partial charge in [-0.2, -0.15) is 0 Å². The van der Waals surface area contributed by atoms with Gasteiger partial charge in [0.25, 0.3) is 0 Å². The molecule has 110 valence electrons. The number of hydrogen-bond acceptors (Lipinski definition) is 3. The molecule has 2 aliphatic rings. The maximum atomic E-state index is 12.2. The van der Waals surface area contributed by atoms with Gasteiger partial charge in [-0.1, -0.05) is 0 Å². The Hall–Kier alpha value is -0.610. The van der Waals surface area contributed by atoms with Crippen LogP contribution in [0.4, 0.5) is 0 Å². The molecule has 1 unspecified atom stereocenters. The van der Waals surface area contributed by atoms with E-state index in [1.54, 1.807) is 0 Å². The SMILES string of the molecule is CC(C)N1CCN(C2CCN(C(C)C)C(=O)C2)CC1. The fraction of sp³-hybridized carbons (Fsp3) is 0.933. The molecule has 1 atom stereocenters. The van der Waals surface area contributed by atoms with Crippen LogP contribution in [0.15, 0.2) is 0 Å². The first-order chi connectivity index (χ1) is 8.99. The van der Waals surface area contributed by atoms with Crippen LogP contribution in [0.3, 0.4) is 0 Å². The zero-order valence-corrected chi connectivity index (χ0v) is 12.9. The Morgan fingerprint density at radius 2 is 1.58 bits per heavy atom. The number of piperidine rings is 1. The largest absolute Gasteiger partial charge is 0.340 e. The number of likely N-dealkylation sites (tertiary alicyclic amines) is 1. The molecule has 0 aromatic carbocycles. The third kappa shape index (κ3) is 3.48. The van der Waals surface area contributed by atoms with Crippen molar-refractivity contribution in [2.75, 3.05) is 32.7 Å². The first kappa shape index (κ1) is 14.8. The van der Waals surface area contributed by atoms with Crippen molar-refractivity contribution >= 4 is 5.91 Å². The Labute approximate surface area is 117 Å². The number of piperazine rings is 1. The minimum Gasteiger partial charge on any atom is -0.340 e. The van der Waals surface area contributed by atoms with Gasteiger partial charge in [0.1, 0.15) is 0 Å². The molecular weight excluding hydrogens is 238 g/mol. The maximum Gasteiger partial charge on any atom is 0.224 e. The fourth-order valence-corrected chi connectivity index (χ4v) is 3.31. The molecule has 1 amide bonds. The molecule has 0 aromatic rings. The topological polar surface area (TPSA) is 26.8 Å². The van der Waals surface area contributed by atoms with Crippen LogP contribution in [-0.4, -0.2) is 71.5 Å². The molecule has 2 saturated heterocycles. The lowest BCUT2D eigenvalue weighted by Crippen LogP contribution is -2.56. The van der Waals surface area contributed by atoms with Crippen molar-refractivity contribution in [3.63, 3.8) is 0 Å². The Bertz CT molecular complexity index is 309. The van der Waals surface area contributed by atoms with Crippen molar-refractivity contribution in [1.82, 2.24) is 14.7 Å². The molecular formula is C15H29N3O. The summed E-state index contributed by atoms with van der Waals surface area (Å²) >= 11 is 0. The summed E-state index contributed by atoms with van der Waals surface area (Å²) in [6.45, 7) is 14.2. The summed E-state index contributed by atoms with van der Waals surface area (Å²) < 4.78 is 0. The summed E-state index contributed by atoms with van der Waals surface area (Å²) in [6, 6.07) is 1.48. The van der Waals surface area contributed by atoms with Crippen LogP contribution in [0.1, 0.15) is 40.5 Å². The molecule has 2 fully saturated rings. The summed E-state index contributed by atoms with van der Waals surface area (Å²) in [5, 5.41) is 0. The molecule has 4 heteroatoms. The Balaban J connectivity index is 1.83. The van der Waals surface area contributed by atoms with Crippen molar-refractivity contribution < 1.29 is 4.79 Å². The number of amides is 1. The Kier molecular flexibility index (Phi) is 4.85. The van der Waals surface area contributed by atoms with E-state index < -0.39 is 0 Å². The van der Waals surface area contributed by atoms with Crippen LogP contribution in [0, 0.1) is 0 Å². The molecule has 0 radical (unpaired) electrons. The molecule has 0 spiro atoms. The first-order valence-corrected chi connectivity index (χ1v) is 7.76. The number of rotatable bonds is 3. The Morgan fingerprint density at radius 3 is 2.05 bits per heavy atom. The van der Waals surface area contributed by atoms with E-state index in [0.717, 1.165) is 45.6 Å². The van der Waals surface area contributed by atoms with Crippen molar-refractivity contribution in [2.24, 2.45) is 0 Å². The number of hydrogen-bond donors (Lipinski definition) is 0. The summed E-state index contributed by atoms with van der Waals surface area (Å²) in [5.41, 5.74) is 0. The quantitative estimate of drug-likeness (QED) is 0.773. The fourth-order valence-electron chi connectivity index (χ4n) is 3.31. The molecule has 0 N–H and O–H groups in total. The number of carbonyl (C=O) groups is 1. The van der Waals surface area contributed by atoms with E-state index in [4.69, 9.17) is 0 Å². The van der Waals surface area contributed by atoms with Crippen molar-refractivity contribution in [1.29, 1.82) is 0 Å². The van der Waals surface area contributed by atoms with Crippen molar-refractivity contribution in [2.45, 2.75) is 58.7 Å². The highest BCUT2D eigenvalue weighted by atomic mass is 16.2. The second-order valence-corrected chi connectivity index (χ2v) is 6.49. The zero-order valence-electron chi connectivity index (χ0n) is 12.9. The lowest BCUT2D eigenvalue weighted by atomic mass is 10.00. The monoisotopic (exact) mass is 267 g/mol. The maximum absolute atomic E-state index is 12.2. The van der Waals surface area contributed by atoms with Crippen LogP contribution in [0.5, 0.6) is 0 Å². The highest BCUT2D eigenvalue weighted by molar-refractivity contribution is 5.78. The van der Waals surface area contributed by atoms with Crippen molar-refractivity contribution in [3.8, 4) is 0 Å². The van der Waals surface area contributed by atoms with Gasteiger partial charge in [0.15, 0.2) is 0 Å². The van der Waals surface area contributed by atoms with Crippen LogP contribution >= 0.6 is 0 Å². The molecule has 2 heterocycles. The van der Waals surface area contributed by atoms with Crippen LogP contribution in [-0.2, 0) is 4.79 Å². The lowest BCUT2D eigenvalue weighted by molar-refractivity contribution is -0.138. The summed E-state index contributed by atoms with van der Waals surface area (Å²) in [6.07, 6.45) is 1.87.